The summed E-state index contributed by atoms with van der Waals surface area (Å²) >= 11 is 0. The molecule has 7 heteroatoms. The highest BCUT2D eigenvalue weighted by atomic mass is 16.6. The van der Waals surface area contributed by atoms with Crippen molar-refractivity contribution in [2.45, 2.75) is 70.6 Å². The molecular weight excluding hydrogens is 356 g/mol. The fourth-order valence-electron chi connectivity index (χ4n) is 4.36. The Morgan fingerprint density at radius 2 is 2.21 bits per heavy atom. The lowest BCUT2D eigenvalue weighted by atomic mass is 9.87. The number of nitrogens with one attached hydrogen (secondary N) is 1. The van der Waals surface area contributed by atoms with Gasteiger partial charge in [0.05, 0.1) is 12.8 Å². The van der Waals surface area contributed by atoms with Gasteiger partial charge in [0.1, 0.15) is 5.60 Å². The van der Waals surface area contributed by atoms with E-state index in [0.717, 1.165) is 51.8 Å². The van der Waals surface area contributed by atoms with Crippen molar-refractivity contribution in [1.82, 2.24) is 20.0 Å². The molecule has 0 saturated carbocycles. The largest absolute Gasteiger partial charge is 0.444 e. The summed E-state index contributed by atoms with van der Waals surface area (Å²) in [5.41, 5.74) is 0.816. The van der Waals surface area contributed by atoms with Crippen LogP contribution < -0.4 is 5.32 Å². The van der Waals surface area contributed by atoms with E-state index in [1.54, 1.807) is 0 Å². The lowest BCUT2D eigenvalue weighted by Crippen LogP contribution is -2.53. The SMILES string of the molecule is Cn1cc(CCCN[C@@H]2CCOC[C@@H]2[C@@H]2CCCN2C(=O)OC(C)(C)C)cn1. The van der Waals surface area contributed by atoms with E-state index in [2.05, 4.69) is 16.6 Å². The fourth-order valence-corrected chi connectivity index (χ4v) is 4.36. The van der Waals surface area contributed by atoms with Crippen molar-refractivity contribution in [3.8, 4) is 0 Å². The molecule has 3 heterocycles. The molecule has 2 saturated heterocycles. The van der Waals surface area contributed by atoms with Crippen LogP contribution in [0, 0.1) is 5.92 Å². The molecule has 1 aromatic rings. The van der Waals surface area contributed by atoms with Gasteiger partial charge in [-0.25, -0.2) is 4.79 Å². The number of amides is 1. The van der Waals surface area contributed by atoms with Crippen molar-refractivity contribution in [3.63, 3.8) is 0 Å². The monoisotopic (exact) mass is 392 g/mol. The van der Waals surface area contributed by atoms with Gasteiger partial charge in [0, 0.05) is 44.4 Å². The molecule has 3 atom stereocenters. The third-order valence-corrected chi connectivity index (χ3v) is 5.63. The summed E-state index contributed by atoms with van der Waals surface area (Å²) in [7, 11) is 1.95. The zero-order valence-electron chi connectivity index (χ0n) is 17.8. The maximum absolute atomic E-state index is 12.7. The molecule has 0 unspecified atom stereocenters. The van der Waals surface area contributed by atoms with E-state index >= 15 is 0 Å². The second-order valence-corrected chi connectivity index (χ2v) is 9.10. The molecule has 2 fully saturated rings. The Bertz CT molecular complexity index is 640. The Hall–Kier alpha value is -1.60. The molecule has 158 valence electrons. The van der Waals surface area contributed by atoms with Gasteiger partial charge in [-0.15, -0.1) is 0 Å². The summed E-state index contributed by atoms with van der Waals surface area (Å²) in [5, 5.41) is 7.98. The van der Waals surface area contributed by atoms with E-state index < -0.39 is 5.60 Å². The fraction of sp³-hybridized carbons (Fsp3) is 0.810. The first-order valence-corrected chi connectivity index (χ1v) is 10.6. The van der Waals surface area contributed by atoms with Crippen molar-refractivity contribution in [1.29, 1.82) is 0 Å². The van der Waals surface area contributed by atoms with Crippen LogP contribution in [-0.4, -0.2) is 64.8 Å². The Labute approximate surface area is 168 Å². The second-order valence-electron chi connectivity index (χ2n) is 9.10. The molecule has 1 aromatic heterocycles. The molecule has 28 heavy (non-hydrogen) atoms. The van der Waals surface area contributed by atoms with E-state index in [0.29, 0.717) is 18.6 Å². The summed E-state index contributed by atoms with van der Waals surface area (Å²) in [6.45, 7) is 9.02. The summed E-state index contributed by atoms with van der Waals surface area (Å²) in [6, 6.07) is 0.585. The zero-order chi connectivity index (χ0) is 20.1. The molecule has 1 amide bonds. The van der Waals surface area contributed by atoms with Crippen LogP contribution in [0.15, 0.2) is 12.4 Å². The van der Waals surface area contributed by atoms with Crippen molar-refractivity contribution < 1.29 is 14.3 Å². The number of carbonyl (C=O) groups excluding carboxylic acids is 1. The van der Waals surface area contributed by atoms with Crippen molar-refractivity contribution in [2.24, 2.45) is 13.0 Å². The Morgan fingerprint density at radius 3 is 2.93 bits per heavy atom. The lowest BCUT2D eigenvalue weighted by Gasteiger charge is -2.40. The minimum absolute atomic E-state index is 0.184. The minimum Gasteiger partial charge on any atom is -0.444 e. The number of rotatable bonds is 6. The van der Waals surface area contributed by atoms with Crippen LogP contribution >= 0.6 is 0 Å². The third-order valence-electron chi connectivity index (χ3n) is 5.63. The summed E-state index contributed by atoms with van der Waals surface area (Å²) in [5.74, 6) is 0.321. The Morgan fingerprint density at radius 1 is 1.39 bits per heavy atom. The van der Waals surface area contributed by atoms with Gasteiger partial charge in [-0.1, -0.05) is 0 Å². The number of ether oxygens (including phenoxy) is 2. The smallest absolute Gasteiger partial charge is 0.410 e. The molecule has 0 spiro atoms. The zero-order valence-corrected chi connectivity index (χ0v) is 17.8. The van der Waals surface area contributed by atoms with Gasteiger partial charge < -0.3 is 19.7 Å². The number of carbonyl (C=O) groups is 1. The quantitative estimate of drug-likeness (QED) is 0.754. The number of hydrogen-bond donors (Lipinski definition) is 1. The molecular formula is C21H36N4O3. The number of hydrogen-bond acceptors (Lipinski definition) is 5. The molecule has 2 aliphatic rings. The van der Waals surface area contributed by atoms with E-state index in [-0.39, 0.29) is 12.1 Å². The normalized spacial score (nSPS) is 25.9. The Balaban J connectivity index is 1.53. The number of aryl methyl sites for hydroxylation is 2. The molecule has 3 rings (SSSR count). The van der Waals surface area contributed by atoms with E-state index in [9.17, 15) is 4.79 Å². The summed E-state index contributed by atoms with van der Waals surface area (Å²) < 4.78 is 13.3. The molecule has 1 N–H and O–H groups in total. The molecule has 0 aliphatic carbocycles. The maximum Gasteiger partial charge on any atom is 0.410 e. The van der Waals surface area contributed by atoms with E-state index in [1.807, 2.05) is 43.6 Å². The second kappa shape index (κ2) is 9.27. The minimum atomic E-state index is -0.461. The first-order valence-electron chi connectivity index (χ1n) is 10.6. The van der Waals surface area contributed by atoms with Crippen LogP contribution in [0.1, 0.15) is 52.0 Å². The first-order chi connectivity index (χ1) is 13.3. The van der Waals surface area contributed by atoms with Crippen LogP contribution in [0.2, 0.25) is 0 Å². The van der Waals surface area contributed by atoms with Crippen LogP contribution in [0.3, 0.4) is 0 Å². The van der Waals surface area contributed by atoms with E-state index in [4.69, 9.17) is 9.47 Å². The van der Waals surface area contributed by atoms with Crippen molar-refractivity contribution in [3.05, 3.63) is 18.0 Å². The van der Waals surface area contributed by atoms with Crippen molar-refractivity contribution >= 4 is 6.09 Å². The summed E-state index contributed by atoms with van der Waals surface area (Å²) in [6.07, 6.45) is 9.00. The Kier molecular flexibility index (Phi) is 6.99. The topological polar surface area (TPSA) is 68.6 Å². The number of likely N-dealkylation sites (tertiary alicyclic amines) is 1. The molecule has 7 nitrogen and oxygen atoms in total. The van der Waals surface area contributed by atoms with E-state index in [1.165, 1.54) is 5.56 Å². The average Bonchev–Trinajstić information content (AvgIpc) is 3.26. The van der Waals surface area contributed by atoms with Crippen LogP contribution in [0.5, 0.6) is 0 Å². The van der Waals surface area contributed by atoms with Crippen LogP contribution in [0.25, 0.3) is 0 Å². The van der Waals surface area contributed by atoms with Crippen LogP contribution in [0.4, 0.5) is 4.79 Å². The average molecular weight is 393 g/mol. The number of nitrogens with zero attached hydrogens (tertiary/aromatic N) is 3. The van der Waals surface area contributed by atoms with Gasteiger partial charge in [-0.2, -0.15) is 5.10 Å². The van der Waals surface area contributed by atoms with Gasteiger partial charge in [0.25, 0.3) is 0 Å². The first kappa shape index (κ1) is 21.1. The lowest BCUT2D eigenvalue weighted by molar-refractivity contribution is -0.0165. The number of aromatic nitrogens is 2. The van der Waals surface area contributed by atoms with Gasteiger partial charge in [0.2, 0.25) is 0 Å². The third kappa shape index (κ3) is 5.70. The highest BCUT2D eigenvalue weighted by Crippen LogP contribution is 2.31. The standard InChI is InChI=1S/C21H36N4O3/c1-21(2,3)28-20(26)25-11-6-8-19(25)17-15-27-12-9-18(17)22-10-5-7-16-13-23-24(4)14-16/h13-14,17-19,22H,5-12,15H2,1-4H3/t17-,18+,19-/m0/s1. The van der Waals surface area contributed by atoms with Gasteiger partial charge in [-0.3, -0.25) is 4.68 Å². The highest BCUT2D eigenvalue weighted by Gasteiger charge is 2.41. The van der Waals surface area contributed by atoms with Crippen molar-refractivity contribution in [2.75, 3.05) is 26.3 Å². The predicted octanol–water partition coefficient (Wildman–Crippen LogP) is 2.75. The molecule has 0 radical (unpaired) electrons. The highest BCUT2D eigenvalue weighted by molar-refractivity contribution is 5.69. The molecule has 0 aromatic carbocycles. The summed E-state index contributed by atoms with van der Waals surface area (Å²) in [4.78, 5) is 14.6. The maximum atomic E-state index is 12.7. The van der Waals surface area contributed by atoms with Crippen LogP contribution in [-0.2, 0) is 22.9 Å². The molecule has 2 aliphatic heterocycles. The molecule has 0 bridgehead atoms. The van der Waals surface area contributed by atoms with Gasteiger partial charge in [-0.05, 0) is 65.0 Å². The van der Waals surface area contributed by atoms with Gasteiger partial charge in [0.15, 0.2) is 0 Å². The predicted molar refractivity (Wildman–Crippen MR) is 108 cm³/mol. The van der Waals surface area contributed by atoms with Gasteiger partial charge >= 0.3 is 6.09 Å².